The van der Waals surface area contributed by atoms with Gasteiger partial charge in [-0.05, 0) is 37.3 Å². The zero-order valence-corrected chi connectivity index (χ0v) is 10.3. The first-order valence-corrected chi connectivity index (χ1v) is 5.62. The SMILES string of the molecule is Cc1ccc(O)c(-c2cc(Br)ccc2F)c1. The molecule has 82 valence electrons. The van der Waals surface area contributed by atoms with E-state index in [0.717, 1.165) is 10.0 Å². The van der Waals surface area contributed by atoms with Crippen LogP contribution in [0.3, 0.4) is 0 Å². The van der Waals surface area contributed by atoms with Crippen LogP contribution in [0, 0.1) is 12.7 Å². The first-order valence-electron chi connectivity index (χ1n) is 4.83. The van der Waals surface area contributed by atoms with Gasteiger partial charge in [0.2, 0.25) is 0 Å². The molecule has 0 aliphatic heterocycles. The van der Waals surface area contributed by atoms with E-state index < -0.39 is 0 Å². The molecule has 0 unspecified atom stereocenters. The van der Waals surface area contributed by atoms with E-state index in [0.29, 0.717) is 11.1 Å². The molecular formula is C13H10BrFO. The molecule has 3 heteroatoms. The van der Waals surface area contributed by atoms with E-state index in [2.05, 4.69) is 15.9 Å². The van der Waals surface area contributed by atoms with E-state index in [1.165, 1.54) is 6.07 Å². The summed E-state index contributed by atoms with van der Waals surface area (Å²) >= 11 is 3.29. The number of benzene rings is 2. The second-order valence-corrected chi connectivity index (χ2v) is 4.56. The molecule has 2 rings (SSSR count). The third kappa shape index (κ3) is 2.09. The summed E-state index contributed by atoms with van der Waals surface area (Å²) in [5.41, 5.74) is 1.89. The Kier molecular flexibility index (Phi) is 2.97. The molecule has 0 saturated heterocycles. The van der Waals surface area contributed by atoms with Crippen LogP contribution in [-0.4, -0.2) is 5.11 Å². The molecule has 0 spiro atoms. The van der Waals surface area contributed by atoms with E-state index in [4.69, 9.17) is 0 Å². The fourth-order valence-corrected chi connectivity index (χ4v) is 1.93. The Bertz CT molecular complexity index is 488. The smallest absolute Gasteiger partial charge is 0.131 e. The molecule has 0 amide bonds. The standard InChI is InChI=1S/C13H10BrFO/c1-8-2-5-13(16)11(6-8)10-7-9(14)3-4-12(10)15/h2-7,16H,1H3. The summed E-state index contributed by atoms with van der Waals surface area (Å²) in [5, 5.41) is 9.72. The van der Waals surface area contributed by atoms with Crippen molar-refractivity contribution in [2.75, 3.05) is 0 Å². The number of aryl methyl sites for hydroxylation is 1. The molecule has 0 fully saturated rings. The van der Waals surface area contributed by atoms with Gasteiger partial charge in [-0.15, -0.1) is 0 Å². The van der Waals surface area contributed by atoms with Gasteiger partial charge in [-0.2, -0.15) is 0 Å². The summed E-state index contributed by atoms with van der Waals surface area (Å²) in [6.07, 6.45) is 0. The third-order valence-electron chi connectivity index (χ3n) is 2.37. The number of phenols is 1. The third-order valence-corrected chi connectivity index (χ3v) is 2.86. The van der Waals surface area contributed by atoms with Crippen molar-refractivity contribution in [3.63, 3.8) is 0 Å². The van der Waals surface area contributed by atoms with Crippen molar-refractivity contribution in [2.24, 2.45) is 0 Å². The van der Waals surface area contributed by atoms with Crippen LogP contribution in [0.1, 0.15) is 5.56 Å². The number of hydrogen-bond acceptors (Lipinski definition) is 1. The molecule has 2 aromatic carbocycles. The van der Waals surface area contributed by atoms with Gasteiger partial charge in [0.05, 0.1) is 0 Å². The Morgan fingerprint density at radius 1 is 1.06 bits per heavy atom. The largest absolute Gasteiger partial charge is 0.507 e. The van der Waals surface area contributed by atoms with Crippen molar-refractivity contribution < 1.29 is 9.50 Å². The first kappa shape index (κ1) is 11.1. The Hall–Kier alpha value is -1.35. The van der Waals surface area contributed by atoms with E-state index in [1.807, 2.05) is 6.92 Å². The summed E-state index contributed by atoms with van der Waals surface area (Å²) in [7, 11) is 0. The molecule has 0 aromatic heterocycles. The first-order chi connectivity index (χ1) is 7.58. The zero-order chi connectivity index (χ0) is 11.7. The van der Waals surface area contributed by atoms with Crippen LogP contribution in [0.2, 0.25) is 0 Å². The molecule has 0 saturated carbocycles. The highest BCUT2D eigenvalue weighted by molar-refractivity contribution is 9.10. The Morgan fingerprint density at radius 3 is 2.56 bits per heavy atom. The molecule has 2 aromatic rings. The molecule has 1 nitrogen and oxygen atoms in total. The molecule has 0 aliphatic rings. The number of halogens is 2. The van der Waals surface area contributed by atoms with Crippen molar-refractivity contribution in [2.45, 2.75) is 6.92 Å². The lowest BCUT2D eigenvalue weighted by molar-refractivity contribution is 0.476. The Morgan fingerprint density at radius 2 is 1.81 bits per heavy atom. The van der Waals surface area contributed by atoms with Gasteiger partial charge in [0.15, 0.2) is 0 Å². The van der Waals surface area contributed by atoms with Crippen molar-refractivity contribution in [3.05, 3.63) is 52.3 Å². The van der Waals surface area contributed by atoms with Gasteiger partial charge in [-0.25, -0.2) is 4.39 Å². The van der Waals surface area contributed by atoms with Crippen molar-refractivity contribution in [1.29, 1.82) is 0 Å². The lowest BCUT2D eigenvalue weighted by Gasteiger charge is -2.07. The maximum atomic E-state index is 13.6. The van der Waals surface area contributed by atoms with Crippen LogP contribution < -0.4 is 0 Å². The second-order valence-electron chi connectivity index (χ2n) is 3.64. The van der Waals surface area contributed by atoms with Gasteiger partial charge in [0.25, 0.3) is 0 Å². The number of rotatable bonds is 1. The quantitative estimate of drug-likeness (QED) is 0.827. The molecule has 0 aliphatic carbocycles. The van der Waals surface area contributed by atoms with Crippen LogP contribution in [0.15, 0.2) is 40.9 Å². The Balaban J connectivity index is 2.66. The van der Waals surface area contributed by atoms with Crippen LogP contribution in [-0.2, 0) is 0 Å². The molecule has 16 heavy (non-hydrogen) atoms. The van der Waals surface area contributed by atoms with Gasteiger partial charge in [0, 0.05) is 15.6 Å². The number of phenolic OH excluding ortho intramolecular Hbond substituents is 1. The molecular weight excluding hydrogens is 271 g/mol. The fourth-order valence-electron chi connectivity index (χ4n) is 1.57. The summed E-state index contributed by atoms with van der Waals surface area (Å²) in [6, 6.07) is 9.79. The molecule has 0 atom stereocenters. The van der Waals surface area contributed by atoms with Gasteiger partial charge in [-0.1, -0.05) is 27.6 Å². The maximum absolute atomic E-state index is 13.6. The topological polar surface area (TPSA) is 20.2 Å². The lowest BCUT2D eigenvalue weighted by Crippen LogP contribution is -1.86. The van der Waals surface area contributed by atoms with E-state index in [9.17, 15) is 9.50 Å². The summed E-state index contributed by atoms with van der Waals surface area (Å²) < 4.78 is 14.4. The maximum Gasteiger partial charge on any atom is 0.131 e. The molecule has 0 radical (unpaired) electrons. The zero-order valence-electron chi connectivity index (χ0n) is 8.67. The van der Waals surface area contributed by atoms with Crippen LogP contribution >= 0.6 is 15.9 Å². The van der Waals surface area contributed by atoms with Crippen molar-refractivity contribution in [1.82, 2.24) is 0 Å². The van der Waals surface area contributed by atoms with Gasteiger partial charge < -0.3 is 5.11 Å². The average Bonchev–Trinajstić information content (AvgIpc) is 2.25. The molecule has 0 heterocycles. The highest BCUT2D eigenvalue weighted by atomic mass is 79.9. The van der Waals surface area contributed by atoms with E-state index in [1.54, 1.807) is 30.3 Å². The highest BCUT2D eigenvalue weighted by Crippen LogP contribution is 2.33. The predicted molar refractivity (Wildman–Crippen MR) is 65.9 cm³/mol. The van der Waals surface area contributed by atoms with Gasteiger partial charge >= 0.3 is 0 Å². The minimum absolute atomic E-state index is 0.0857. The van der Waals surface area contributed by atoms with Gasteiger partial charge in [0.1, 0.15) is 11.6 Å². The normalized spacial score (nSPS) is 10.4. The monoisotopic (exact) mass is 280 g/mol. The van der Waals surface area contributed by atoms with E-state index >= 15 is 0 Å². The summed E-state index contributed by atoms with van der Waals surface area (Å²) in [4.78, 5) is 0. The molecule has 1 N–H and O–H groups in total. The summed E-state index contributed by atoms with van der Waals surface area (Å²) in [5.74, 6) is -0.258. The lowest BCUT2D eigenvalue weighted by atomic mass is 10.0. The number of aromatic hydroxyl groups is 1. The van der Waals surface area contributed by atoms with Crippen LogP contribution in [0.5, 0.6) is 5.75 Å². The average molecular weight is 281 g/mol. The minimum atomic E-state index is -0.343. The second kappa shape index (κ2) is 4.26. The fraction of sp³-hybridized carbons (Fsp3) is 0.0769. The van der Waals surface area contributed by atoms with Crippen LogP contribution in [0.4, 0.5) is 4.39 Å². The molecule has 0 bridgehead atoms. The number of hydrogen-bond donors (Lipinski definition) is 1. The van der Waals surface area contributed by atoms with Gasteiger partial charge in [-0.3, -0.25) is 0 Å². The predicted octanol–water partition coefficient (Wildman–Crippen LogP) is 4.27. The minimum Gasteiger partial charge on any atom is -0.507 e. The van der Waals surface area contributed by atoms with E-state index in [-0.39, 0.29) is 11.6 Å². The van der Waals surface area contributed by atoms with Crippen molar-refractivity contribution in [3.8, 4) is 16.9 Å². The van der Waals surface area contributed by atoms with Crippen LogP contribution in [0.25, 0.3) is 11.1 Å². The summed E-state index contributed by atoms with van der Waals surface area (Å²) in [6.45, 7) is 1.90. The van der Waals surface area contributed by atoms with Crippen molar-refractivity contribution >= 4 is 15.9 Å². The Labute approximate surface area is 102 Å². The highest BCUT2D eigenvalue weighted by Gasteiger charge is 2.10.